The minimum Gasteiger partial charge on any atom is -0.347 e. The molecule has 1 fully saturated rings. The molecule has 0 aromatic heterocycles. The molecule has 0 atom stereocenters. The second-order valence-electron chi connectivity index (χ2n) is 3.03. The molecule has 1 aliphatic heterocycles. The molecule has 0 radical (unpaired) electrons. The number of ether oxygens (including phenoxy) is 2. The lowest BCUT2D eigenvalue weighted by Crippen LogP contribution is -2.01. The van der Waals surface area contributed by atoms with Crippen molar-refractivity contribution in [3.05, 3.63) is 12.2 Å². The van der Waals surface area contributed by atoms with Gasteiger partial charge in [-0.3, -0.25) is 0 Å². The van der Waals surface area contributed by atoms with Gasteiger partial charge in [0.15, 0.2) is 6.29 Å². The van der Waals surface area contributed by atoms with Crippen LogP contribution >= 0.6 is 0 Å². The molecule has 1 saturated heterocycles. The summed E-state index contributed by atoms with van der Waals surface area (Å²) in [5.74, 6) is 0. The average molecular weight is 170 g/mol. The number of hydrogen-bond donors (Lipinski definition) is 0. The van der Waals surface area contributed by atoms with Gasteiger partial charge in [0.05, 0.1) is 13.2 Å². The van der Waals surface area contributed by atoms with Gasteiger partial charge in [-0.1, -0.05) is 25.8 Å². The molecule has 1 rings (SSSR count). The highest BCUT2D eigenvalue weighted by molar-refractivity contribution is 4.86. The zero-order chi connectivity index (χ0) is 8.65. The van der Waals surface area contributed by atoms with E-state index in [2.05, 4.69) is 13.0 Å². The summed E-state index contributed by atoms with van der Waals surface area (Å²) in [6.45, 7) is 3.70. The lowest BCUT2D eigenvalue weighted by molar-refractivity contribution is -0.00173. The maximum absolute atomic E-state index is 5.25. The zero-order valence-electron chi connectivity index (χ0n) is 7.79. The molecule has 0 aliphatic carbocycles. The summed E-state index contributed by atoms with van der Waals surface area (Å²) in [4.78, 5) is 0. The zero-order valence-corrected chi connectivity index (χ0v) is 7.79. The van der Waals surface area contributed by atoms with Crippen molar-refractivity contribution in [3.8, 4) is 0 Å². The van der Waals surface area contributed by atoms with Crippen LogP contribution in [0.3, 0.4) is 0 Å². The highest BCUT2D eigenvalue weighted by atomic mass is 16.7. The molecule has 0 unspecified atom stereocenters. The summed E-state index contributed by atoms with van der Waals surface area (Å²) in [7, 11) is 0. The molecule has 0 amide bonds. The summed E-state index contributed by atoms with van der Waals surface area (Å²) in [6.07, 6.45) is 9.14. The Morgan fingerprint density at radius 2 is 2.00 bits per heavy atom. The molecule has 0 N–H and O–H groups in total. The third-order valence-electron chi connectivity index (χ3n) is 1.92. The van der Waals surface area contributed by atoms with Crippen molar-refractivity contribution in [2.45, 2.75) is 38.9 Å². The van der Waals surface area contributed by atoms with Crippen LogP contribution in [0, 0.1) is 0 Å². The molecular weight excluding hydrogens is 152 g/mol. The van der Waals surface area contributed by atoms with Crippen LogP contribution < -0.4 is 0 Å². The first-order valence-corrected chi connectivity index (χ1v) is 4.83. The molecule has 12 heavy (non-hydrogen) atoms. The third kappa shape index (κ3) is 3.88. The van der Waals surface area contributed by atoms with Gasteiger partial charge in [0.1, 0.15) is 0 Å². The normalized spacial score (nSPS) is 19.4. The Hall–Kier alpha value is -0.340. The lowest BCUT2D eigenvalue weighted by Gasteiger charge is -2.00. The van der Waals surface area contributed by atoms with Gasteiger partial charge in [0, 0.05) is 0 Å². The first-order chi connectivity index (χ1) is 5.93. The van der Waals surface area contributed by atoms with Crippen LogP contribution in [0.15, 0.2) is 12.2 Å². The van der Waals surface area contributed by atoms with Crippen molar-refractivity contribution in [2.75, 3.05) is 13.2 Å². The topological polar surface area (TPSA) is 18.5 Å². The molecule has 0 saturated carbocycles. The van der Waals surface area contributed by atoms with E-state index >= 15 is 0 Å². The molecule has 0 bridgehead atoms. The van der Waals surface area contributed by atoms with Gasteiger partial charge < -0.3 is 9.47 Å². The van der Waals surface area contributed by atoms with Crippen LogP contribution in [0.25, 0.3) is 0 Å². The molecule has 1 heterocycles. The van der Waals surface area contributed by atoms with Crippen LogP contribution in [0.2, 0.25) is 0 Å². The van der Waals surface area contributed by atoms with E-state index in [0.29, 0.717) is 0 Å². The highest BCUT2D eigenvalue weighted by Crippen LogP contribution is 2.06. The van der Waals surface area contributed by atoms with Crippen molar-refractivity contribution in [1.29, 1.82) is 0 Å². The van der Waals surface area contributed by atoms with E-state index in [4.69, 9.17) is 9.47 Å². The van der Waals surface area contributed by atoms with Crippen LogP contribution in [0.1, 0.15) is 32.6 Å². The minimum atomic E-state index is -0.0633. The predicted molar refractivity (Wildman–Crippen MR) is 49.0 cm³/mol. The maximum atomic E-state index is 5.25. The average Bonchev–Trinajstić information content (AvgIpc) is 2.57. The number of rotatable bonds is 5. The molecule has 2 heteroatoms. The fourth-order valence-corrected chi connectivity index (χ4v) is 1.21. The second kappa shape index (κ2) is 6.21. The molecule has 1 aliphatic rings. The van der Waals surface area contributed by atoms with E-state index in [1.54, 1.807) is 0 Å². The smallest absolute Gasteiger partial charge is 0.177 e. The van der Waals surface area contributed by atoms with Crippen LogP contribution in [-0.2, 0) is 9.47 Å². The van der Waals surface area contributed by atoms with Gasteiger partial charge in [0.2, 0.25) is 0 Å². The summed E-state index contributed by atoms with van der Waals surface area (Å²) < 4.78 is 10.5. The van der Waals surface area contributed by atoms with Crippen LogP contribution in [0.4, 0.5) is 0 Å². The molecule has 2 nitrogen and oxygen atoms in total. The molecular formula is C10H18O2. The standard InChI is InChI=1S/C10H18O2/c1-2-3-4-5-6-7-10-11-8-9-12-10/h6-7,10H,2-5,8-9H2,1H3. The van der Waals surface area contributed by atoms with Crippen LogP contribution in [-0.4, -0.2) is 19.5 Å². The van der Waals surface area contributed by atoms with Gasteiger partial charge in [-0.15, -0.1) is 0 Å². The second-order valence-corrected chi connectivity index (χ2v) is 3.03. The summed E-state index contributed by atoms with van der Waals surface area (Å²) in [5.41, 5.74) is 0. The molecule has 0 aromatic carbocycles. The van der Waals surface area contributed by atoms with Crippen molar-refractivity contribution in [1.82, 2.24) is 0 Å². The number of allylic oxidation sites excluding steroid dienone is 1. The maximum Gasteiger partial charge on any atom is 0.177 e. The Labute approximate surface area is 74.6 Å². The first kappa shape index (κ1) is 9.75. The van der Waals surface area contributed by atoms with E-state index < -0.39 is 0 Å². The molecule has 0 spiro atoms. The van der Waals surface area contributed by atoms with Gasteiger partial charge in [-0.2, -0.15) is 0 Å². The van der Waals surface area contributed by atoms with E-state index in [1.807, 2.05) is 6.08 Å². The van der Waals surface area contributed by atoms with Crippen molar-refractivity contribution in [3.63, 3.8) is 0 Å². The van der Waals surface area contributed by atoms with Crippen LogP contribution in [0.5, 0.6) is 0 Å². The number of hydrogen-bond acceptors (Lipinski definition) is 2. The van der Waals surface area contributed by atoms with Gasteiger partial charge in [-0.25, -0.2) is 0 Å². The lowest BCUT2D eigenvalue weighted by atomic mass is 10.2. The Balaban J connectivity index is 1.97. The van der Waals surface area contributed by atoms with Crippen molar-refractivity contribution >= 4 is 0 Å². The largest absolute Gasteiger partial charge is 0.347 e. The molecule has 70 valence electrons. The fraction of sp³-hybridized carbons (Fsp3) is 0.800. The van der Waals surface area contributed by atoms with E-state index in [9.17, 15) is 0 Å². The summed E-state index contributed by atoms with van der Waals surface area (Å²) >= 11 is 0. The summed E-state index contributed by atoms with van der Waals surface area (Å²) in [5, 5.41) is 0. The Bertz CT molecular complexity index is 126. The Morgan fingerprint density at radius 1 is 1.25 bits per heavy atom. The van der Waals surface area contributed by atoms with Gasteiger partial charge in [-0.05, 0) is 18.9 Å². The highest BCUT2D eigenvalue weighted by Gasteiger charge is 2.10. The fourth-order valence-electron chi connectivity index (χ4n) is 1.21. The third-order valence-corrected chi connectivity index (χ3v) is 1.92. The monoisotopic (exact) mass is 170 g/mol. The Morgan fingerprint density at radius 3 is 2.67 bits per heavy atom. The molecule has 0 aromatic rings. The summed E-state index contributed by atoms with van der Waals surface area (Å²) in [6, 6.07) is 0. The number of unbranched alkanes of at least 4 members (excludes halogenated alkanes) is 3. The van der Waals surface area contributed by atoms with E-state index in [1.165, 1.54) is 19.3 Å². The van der Waals surface area contributed by atoms with E-state index in [0.717, 1.165) is 19.6 Å². The van der Waals surface area contributed by atoms with Gasteiger partial charge in [0.25, 0.3) is 0 Å². The Kier molecular flexibility index (Phi) is 5.04. The quantitative estimate of drug-likeness (QED) is 0.466. The minimum absolute atomic E-state index is 0.0633. The van der Waals surface area contributed by atoms with Crippen molar-refractivity contribution in [2.24, 2.45) is 0 Å². The van der Waals surface area contributed by atoms with E-state index in [-0.39, 0.29) is 6.29 Å². The van der Waals surface area contributed by atoms with Crippen molar-refractivity contribution < 1.29 is 9.47 Å². The predicted octanol–water partition coefficient (Wildman–Crippen LogP) is 2.50. The SMILES string of the molecule is CCCCCC=CC1OCCO1. The van der Waals surface area contributed by atoms with Gasteiger partial charge >= 0.3 is 0 Å². The first-order valence-electron chi connectivity index (χ1n) is 4.83.